The molecule has 12 heteroatoms. The molecule has 1 fully saturated rings. The highest BCUT2D eigenvalue weighted by Crippen LogP contribution is 2.41. The number of methoxy groups -OCH3 is 1. The maximum absolute atomic E-state index is 13.5. The van der Waals surface area contributed by atoms with E-state index in [1.54, 1.807) is 13.0 Å². The van der Waals surface area contributed by atoms with E-state index in [9.17, 15) is 36.2 Å². The minimum absolute atomic E-state index is 0.0400. The molecule has 1 amide bonds. The van der Waals surface area contributed by atoms with Crippen molar-refractivity contribution in [3.8, 4) is 16.9 Å². The van der Waals surface area contributed by atoms with E-state index < -0.39 is 47.1 Å². The Morgan fingerprint density at radius 3 is 2.09 bits per heavy atom. The standard InChI is InChI=1S/C33H36F6N2O4/c1-18(2)26-9-8-24(25-15-21(31(4,5)17-42)7-10-28(25)44-6)27(40-26)16-41-19(3)11-29(45-30(41)43)20-12-22(32(34,35)36)14-23(13-20)33(37,38)39/h7-10,12-15,18-19,29,42H,11,16-17H2,1-6H3/t19-,29-/m0/s1. The van der Waals surface area contributed by atoms with Crippen LogP contribution in [0.5, 0.6) is 5.75 Å². The van der Waals surface area contributed by atoms with Crippen molar-refractivity contribution in [1.29, 1.82) is 0 Å². The molecule has 0 bridgehead atoms. The number of nitrogens with zero attached hydrogens (tertiary/aromatic N) is 2. The van der Waals surface area contributed by atoms with Crippen LogP contribution in [-0.2, 0) is 29.0 Å². The Morgan fingerprint density at radius 1 is 0.956 bits per heavy atom. The molecule has 2 atom stereocenters. The second-order valence-corrected chi connectivity index (χ2v) is 12.3. The van der Waals surface area contributed by atoms with Gasteiger partial charge in [0.15, 0.2) is 0 Å². The number of hydrogen-bond donors (Lipinski definition) is 1. The van der Waals surface area contributed by atoms with Gasteiger partial charge in [-0.1, -0.05) is 39.8 Å². The number of aliphatic hydroxyl groups is 1. The van der Waals surface area contributed by atoms with Gasteiger partial charge in [0, 0.05) is 34.7 Å². The summed E-state index contributed by atoms with van der Waals surface area (Å²) in [6, 6.07) is 9.88. The van der Waals surface area contributed by atoms with Gasteiger partial charge >= 0.3 is 18.4 Å². The molecule has 1 aliphatic rings. The number of benzene rings is 2. The second-order valence-electron chi connectivity index (χ2n) is 12.3. The average Bonchev–Trinajstić information content (AvgIpc) is 2.97. The highest BCUT2D eigenvalue weighted by Gasteiger charge is 2.40. The molecule has 4 rings (SSSR count). The summed E-state index contributed by atoms with van der Waals surface area (Å²) in [5, 5.41) is 9.96. The molecule has 3 aromatic rings. The molecule has 1 saturated heterocycles. The molecule has 1 aliphatic heterocycles. The van der Waals surface area contributed by atoms with E-state index in [1.807, 2.05) is 52.0 Å². The lowest BCUT2D eigenvalue weighted by Gasteiger charge is -2.37. The first-order valence-electron chi connectivity index (χ1n) is 14.4. The van der Waals surface area contributed by atoms with Crippen molar-refractivity contribution < 1.29 is 45.7 Å². The Morgan fingerprint density at radius 2 is 1.58 bits per heavy atom. The van der Waals surface area contributed by atoms with Crippen LogP contribution < -0.4 is 4.74 Å². The quantitative estimate of drug-likeness (QED) is 0.250. The van der Waals surface area contributed by atoms with Crippen molar-refractivity contribution in [3.05, 3.63) is 82.2 Å². The minimum Gasteiger partial charge on any atom is -0.496 e. The number of halogens is 6. The molecule has 0 unspecified atom stereocenters. The number of hydrogen-bond acceptors (Lipinski definition) is 5. The van der Waals surface area contributed by atoms with Gasteiger partial charge < -0.3 is 14.6 Å². The third kappa shape index (κ3) is 7.37. The van der Waals surface area contributed by atoms with E-state index in [-0.39, 0.29) is 37.1 Å². The van der Waals surface area contributed by atoms with Crippen molar-refractivity contribution in [2.45, 2.75) is 83.4 Å². The minimum atomic E-state index is -5.03. The number of rotatable bonds is 8. The van der Waals surface area contributed by atoms with Crippen LogP contribution >= 0.6 is 0 Å². The van der Waals surface area contributed by atoms with E-state index in [2.05, 4.69) is 0 Å². The molecule has 0 spiro atoms. The molecule has 2 heterocycles. The van der Waals surface area contributed by atoms with Gasteiger partial charge in [0.1, 0.15) is 11.9 Å². The van der Waals surface area contributed by atoms with Gasteiger partial charge in [-0.15, -0.1) is 0 Å². The Kier molecular flexibility index (Phi) is 9.49. The number of aliphatic hydroxyl groups excluding tert-OH is 1. The number of carbonyl (C=O) groups excluding carboxylic acids is 1. The summed E-state index contributed by atoms with van der Waals surface area (Å²) in [6.45, 7) is 9.21. The van der Waals surface area contributed by atoms with E-state index in [0.717, 1.165) is 11.3 Å². The molecular weight excluding hydrogens is 602 g/mol. The Labute approximate surface area is 258 Å². The fourth-order valence-electron chi connectivity index (χ4n) is 5.24. The molecule has 1 aromatic heterocycles. The molecule has 244 valence electrons. The van der Waals surface area contributed by atoms with E-state index in [1.165, 1.54) is 12.0 Å². The molecule has 2 aromatic carbocycles. The molecule has 6 nitrogen and oxygen atoms in total. The van der Waals surface area contributed by atoms with Crippen LogP contribution in [0.1, 0.15) is 86.7 Å². The number of amides is 1. The number of carbonyl (C=O) groups is 1. The second kappa shape index (κ2) is 12.5. The fourth-order valence-corrected chi connectivity index (χ4v) is 5.24. The van der Waals surface area contributed by atoms with Gasteiger partial charge in [-0.05, 0) is 60.4 Å². The summed E-state index contributed by atoms with van der Waals surface area (Å²) in [6.07, 6.45) is -12.3. The van der Waals surface area contributed by atoms with Crippen molar-refractivity contribution in [2.24, 2.45) is 0 Å². The van der Waals surface area contributed by atoms with Gasteiger partial charge in [-0.3, -0.25) is 9.88 Å². The van der Waals surface area contributed by atoms with Crippen LogP contribution in [0.4, 0.5) is 31.1 Å². The topological polar surface area (TPSA) is 71.9 Å². The average molecular weight is 639 g/mol. The predicted octanol–water partition coefficient (Wildman–Crippen LogP) is 8.66. The molecule has 0 radical (unpaired) electrons. The van der Waals surface area contributed by atoms with Gasteiger partial charge in [-0.25, -0.2) is 4.79 Å². The number of alkyl halides is 6. The first-order chi connectivity index (χ1) is 20.8. The van der Waals surface area contributed by atoms with Crippen molar-refractivity contribution >= 4 is 6.09 Å². The molecule has 45 heavy (non-hydrogen) atoms. The summed E-state index contributed by atoms with van der Waals surface area (Å²) in [5.41, 5.74) is -0.481. The number of pyridine rings is 1. The third-order valence-electron chi connectivity index (χ3n) is 8.12. The Hall–Kier alpha value is -3.80. The summed E-state index contributed by atoms with van der Waals surface area (Å²) >= 11 is 0. The maximum atomic E-state index is 13.5. The monoisotopic (exact) mass is 638 g/mol. The van der Waals surface area contributed by atoms with Gasteiger partial charge in [0.2, 0.25) is 0 Å². The molecule has 0 saturated carbocycles. The first kappa shape index (κ1) is 34.1. The highest BCUT2D eigenvalue weighted by molar-refractivity contribution is 5.75. The summed E-state index contributed by atoms with van der Waals surface area (Å²) < 4.78 is 92.0. The van der Waals surface area contributed by atoms with Gasteiger partial charge in [0.05, 0.1) is 37.1 Å². The number of ether oxygens (including phenoxy) is 2. The smallest absolute Gasteiger partial charge is 0.416 e. The van der Waals surface area contributed by atoms with E-state index in [4.69, 9.17) is 14.5 Å². The van der Waals surface area contributed by atoms with E-state index in [0.29, 0.717) is 34.7 Å². The van der Waals surface area contributed by atoms with Crippen molar-refractivity contribution in [3.63, 3.8) is 0 Å². The van der Waals surface area contributed by atoms with Crippen LogP contribution in [0.3, 0.4) is 0 Å². The predicted molar refractivity (Wildman–Crippen MR) is 156 cm³/mol. The molecule has 1 N–H and O–H groups in total. The maximum Gasteiger partial charge on any atom is 0.416 e. The SMILES string of the molecule is COc1ccc(C(C)(C)CO)cc1-c1ccc(C(C)C)nc1CN1C(=O)O[C@H](c2cc(C(F)(F)F)cc(C(F)(F)F)c2)C[C@@H]1C. The Balaban J connectivity index is 1.72. The zero-order valence-corrected chi connectivity index (χ0v) is 25.8. The largest absolute Gasteiger partial charge is 0.496 e. The fraction of sp³-hybridized carbons (Fsp3) is 0.455. The van der Waals surface area contributed by atoms with E-state index >= 15 is 0 Å². The normalized spacial score (nSPS) is 17.9. The van der Waals surface area contributed by atoms with Crippen molar-refractivity contribution in [2.75, 3.05) is 13.7 Å². The Bertz CT molecular complexity index is 1520. The lowest BCUT2D eigenvalue weighted by atomic mass is 9.83. The third-order valence-corrected chi connectivity index (χ3v) is 8.12. The van der Waals surface area contributed by atoms with Crippen LogP contribution in [0.15, 0.2) is 48.5 Å². The van der Waals surface area contributed by atoms with Crippen LogP contribution in [0.25, 0.3) is 11.1 Å². The van der Waals surface area contributed by atoms with Crippen molar-refractivity contribution in [1.82, 2.24) is 9.88 Å². The summed E-state index contributed by atoms with van der Waals surface area (Å²) in [5.74, 6) is 0.574. The van der Waals surface area contributed by atoms with Gasteiger partial charge in [0.25, 0.3) is 0 Å². The number of aromatic nitrogens is 1. The highest BCUT2D eigenvalue weighted by atomic mass is 19.4. The number of cyclic esters (lactones) is 1. The molecule has 0 aliphatic carbocycles. The summed E-state index contributed by atoms with van der Waals surface area (Å²) in [4.78, 5) is 19.6. The van der Waals surface area contributed by atoms with Crippen LogP contribution in [0, 0.1) is 0 Å². The van der Waals surface area contributed by atoms with Crippen LogP contribution in [0.2, 0.25) is 0 Å². The lowest BCUT2D eigenvalue weighted by molar-refractivity contribution is -0.143. The zero-order valence-electron chi connectivity index (χ0n) is 25.8. The first-order valence-corrected chi connectivity index (χ1v) is 14.4. The summed E-state index contributed by atoms with van der Waals surface area (Å²) in [7, 11) is 1.52. The van der Waals surface area contributed by atoms with Crippen LogP contribution in [-0.4, -0.2) is 40.8 Å². The lowest BCUT2D eigenvalue weighted by Crippen LogP contribution is -2.44. The van der Waals surface area contributed by atoms with Gasteiger partial charge in [-0.2, -0.15) is 26.3 Å². The molecular formula is C33H36F6N2O4. The zero-order chi connectivity index (χ0) is 33.5.